The number of hydrogen-bond acceptors (Lipinski definition) is 4. The fourth-order valence-corrected chi connectivity index (χ4v) is 2.61. The lowest BCUT2D eigenvalue weighted by atomic mass is 10.2. The number of ether oxygens (including phenoxy) is 1. The first kappa shape index (κ1) is 15.5. The molecule has 7 heteroatoms. The van der Waals surface area contributed by atoms with Crippen LogP contribution in [-0.2, 0) is 11.3 Å². The molecule has 122 valence electrons. The predicted molar refractivity (Wildman–Crippen MR) is 85.2 cm³/mol. The predicted octanol–water partition coefficient (Wildman–Crippen LogP) is 1.59. The highest BCUT2D eigenvalue weighted by molar-refractivity contribution is 5.74. The van der Waals surface area contributed by atoms with Gasteiger partial charge < -0.3 is 15.0 Å². The molecule has 1 aromatic carbocycles. The number of nitrogens with one attached hydrogen (secondary N) is 1. The molecular weight excluding hydrogens is 294 g/mol. The third-order valence-electron chi connectivity index (χ3n) is 3.94. The minimum atomic E-state index is -0.0746. The van der Waals surface area contributed by atoms with E-state index in [1.165, 1.54) is 0 Å². The first-order valence-corrected chi connectivity index (χ1v) is 7.86. The van der Waals surface area contributed by atoms with Crippen LogP contribution in [0.5, 0.6) is 0 Å². The molecule has 1 unspecified atom stereocenters. The number of aromatic nitrogens is 3. The Labute approximate surface area is 135 Å². The van der Waals surface area contributed by atoms with Gasteiger partial charge in [-0.15, -0.1) is 5.10 Å². The number of carbonyl (C=O) groups is 1. The first-order valence-electron chi connectivity index (χ1n) is 7.86. The Kier molecular flexibility index (Phi) is 4.87. The fraction of sp³-hybridized carbons (Fsp3) is 0.438. The topological polar surface area (TPSA) is 72.3 Å². The van der Waals surface area contributed by atoms with Crippen molar-refractivity contribution in [1.82, 2.24) is 25.2 Å². The molecule has 1 aliphatic rings. The van der Waals surface area contributed by atoms with Gasteiger partial charge in [-0.25, -0.2) is 9.48 Å². The zero-order valence-electron chi connectivity index (χ0n) is 13.2. The molecule has 0 aliphatic carbocycles. The van der Waals surface area contributed by atoms with Gasteiger partial charge >= 0.3 is 6.03 Å². The van der Waals surface area contributed by atoms with Crippen molar-refractivity contribution in [2.45, 2.75) is 25.9 Å². The summed E-state index contributed by atoms with van der Waals surface area (Å²) in [5, 5.41) is 11.1. The number of morpholine rings is 1. The van der Waals surface area contributed by atoms with Gasteiger partial charge in [0.15, 0.2) is 0 Å². The van der Waals surface area contributed by atoms with E-state index in [1.54, 1.807) is 4.68 Å². The molecule has 3 rings (SSSR count). The van der Waals surface area contributed by atoms with Gasteiger partial charge in [-0.3, -0.25) is 0 Å². The molecule has 2 heterocycles. The molecule has 1 aromatic heterocycles. The largest absolute Gasteiger partial charge is 0.377 e. The summed E-state index contributed by atoms with van der Waals surface area (Å²) in [7, 11) is 0. The van der Waals surface area contributed by atoms with Gasteiger partial charge in [0.1, 0.15) is 5.69 Å². The maximum atomic E-state index is 12.3. The van der Waals surface area contributed by atoms with Gasteiger partial charge in [-0.05, 0) is 18.6 Å². The van der Waals surface area contributed by atoms with Gasteiger partial charge in [0.05, 0.1) is 37.7 Å². The number of hydrogen-bond donors (Lipinski definition) is 1. The van der Waals surface area contributed by atoms with Crippen LogP contribution in [0.3, 0.4) is 0 Å². The van der Waals surface area contributed by atoms with Crippen molar-refractivity contribution in [3.05, 3.63) is 42.2 Å². The molecular formula is C16H21N5O2. The third-order valence-corrected chi connectivity index (χ3v) is 3.94. The van der Waals surface area contributed by atoms with E-state index in [9.17, 15) is 4.79 Å². The minimum Gasteiger partial charge on any atom is -0.377 e. The van der Waals surface area contributed by atoms with Crippen molar-refractivity contribution >= 4 is 6.03 Å². The number of urea groups is 1. The van der Waals surface area contributed by atoms with Gasteiger partial charge in [0, 0.05) is 6.54 Å². The van der Waals surface area contributed by atoms with E-state index in [0.717, 1.165) is 17.8 Å². The number of nitrogens with zero attached hydrogens (tertiary/aromatic N) is 4. The van der Waals surface area contributed by atoms with Crippen molar-refractivity contribution in [2.24, 2.45) is 0 Å². The summed E-state index contributed by atoms with van der Waals surface area (Å²) in [6.45, 7) is 4.24. The van der Waals surface area contributed by atoms with Crippen molar-refractivity contribution in [1.29, 1.82) is 0 Å². The van der Waals surface area contributed by atoms with Gasteiger partial charge in [-0.1, -0.05) is 30.3 Å². The average molecular weight is 315 g/mol. The van der Waals surface area contributed by atoms with E-state index in [0.29, 0.717) is 26.3 Å². The van der Waals surface area contributed by atoms with Crippen LogP contribution in [0.15, 0.2) is 36.5 Å². The van der Waals surface area contributed by atoms with Gasteiger partial charge in [-0.2, -0.15) is 0 Å². The molecule has 2 amide bonds. The van der Waals surface area contributed by atoms with Crippen molar-refractivity contribution in [3.8, 4) is 5.69 Å². The lowest BCUT2D eigenvalue weighted by Gasteiger charge is -2.34. The maximum Gasteiger partial charge on any atom is 0.318 e. The maximum absolute atomic E-state index is 12.3. The first-order chi connectivity index (χ1) is 11.3. The summed E-state index contributed by atoms with van der Waals surface area (Å²) < 4.78 is 7.12. The van der Waals surface area contributed by atoms with Crippen LogP contribution < -0.4 is 5.32 Å². The van der Waals surface area contributed by atoms with Crippen LogP contribution in [0.1, 0.15) is 19.0 Å². The summed E-state index contributed by atoms with van der Waals surface area (Å²) in [6, 6.07) is 9.82. The molecule has 1 saturated heterocycles. The average Bonchev–Trinajstić information content (AvgIpc) is 3.09. The molecule has 7 nitrogen and oxygen atoms in total. The van der Waals surface area contributed by atoms with Crippen molar-refractivity contribution in [3.63, 3.8) is 0 Å². The Morgan fingerprint density at radius 2 is 2.22 bits per heavy atom. The minimum absolute atomic E-state index is 0.0746. The normalized spacial score (nSPS) is 18.0. The second kappa shape index (κ2) is 7.23. The molecule has 0 saturated carbocycles. The van der Waals surface area contributed by atoms with Crippen LogP contribution in [-0.4, -0.2) is 51.7 Å². The lowest BCUT2D eigenvalue weighted by molar-refractivity contribution is 0.0112. The molecule has 1 N–H and O–H groups in total. The Morgan fingerprint density at radius 1 is 1.39 bits per heavy atom. The van der Waals surface area contributed by atoms with Gasteiger partial charge in [0.25, 0.3) is 0 Å². The second-order valence-corrected chi connectivity index (χ2v) is 5.48. The van der Waals surface area contributed by atoms with Crippen LogP contribution in [0.2, 0.25) is 0 Å². The fourth-order valence-electron chi connectivity index (χ4n) is 2.61. The molecule has 0 spiro atoms. The molecule has 2 aromatic rings. The number of benzene rings is 1. The highest BCUT2D eigenvalue weighted by Gasteiger charge is 2.25. The van der Waals surface area contributed by atoms with Gasteiger partial charge in [0.2, 0.25) is 0 Å². The Bertz CT molecular complexity index is 643. The summed E-state index contributed by atoms with van der Waals surface area (Å²) in [5.74, 6) is 0. The smallest absolute Gasteiger partial charge is 0.318 e. The Morgan fingerprint density at radius 3 is 3.00 bits per heavy atom. The highest BCUT2D eigenvalue weighted by atomic mass is 16.5. The monoisotopic (exact) mass is 315 g/mol. The molecule has 0 radical (unpaired) electrons. The zero-order chi connectivity index (χ0) is 16.1. The summed E-state index contributed by atoms with van der Waals surface area (Å²) in [6.07, 6.45) is 2.71. The molecule has 0 bridgehead atoms. The summed E-state index contributed by atoms with van der Waals surface area (Å²) in [4.78, 5) is 14.2. The summed E-state index contributed by atoms with van der Waals surface area (Å²) in [5.41, 5.74) is 1.67. The van der Waals surface area contributed by atoms with Crippen LogP contribution in [0.25, 0.3) is 5.69 Å². The van der Waals surface area contributed by atoms with E-state index in [2.05, 4.69) is 22.6 Å². The number of carbonyl (C=O) groups excluding carboxylic acids is 1. The Balaban J connectivity index is 1.58. The van der Waals surface area contributed by atoms with E-state index >= 15 is 0 Å². The van der Waals surface area contributed by atoms with E-state index < -0.39 is 0 Å². The molecule has 1 atom stereocenters. The quantitative estimate of drug-likeness (QED) is 0.930. The number of amides is 2. The third kappa shape index (κ3) is 3.68. The Hall–Kier alpha value is -2.41. The van der Waals surface area contributed by atoms with E-state index in [1.807, 2.05) is 41.4 Å². The summed E-state index contributed by atoms with van der Waals surface area (Å²) >= 11 is 0. The number of rotatable bonds is 4. The molecule has 1 fully saturated rings. The second-order valence-electron chi connectivity index (χ2n) is 5.48. The standard InChI is InChI=1S/C16H21N5O2/c1-2-14-12-23-9-8-20(14)16(22)17-10-13-11-21(19-18-13)15-6-4-3-5-7-15/h3-7,11,14H,2,8-10,12H2,1H3,(H,17,22). The van der Waals surface area contributed by atoms with E-state index in [-0.39, 0.29) is 12.1 Å². The van der Waals surface area contributed by atoms with Crippen LogP contribution in [0, 0.1) is 0 Å². The van der Waals surface area contributed by atoms with Crippen LogP contribution >= 0.6 is 0 Å². The van der Waals surface area contributed by atoms with Crippen molar-refractivity contribution < 1.29 is 9.53 Å². The zero-order valence-corrected chi connectivity index (χ0v) is 13.2. The number of para-hydroxylation sites is 1. The molecule has 23 heavy (non-hydrogen) atoms. The SMILES string of the molecule is CCC1COCCN1C(=O)NCc1cn(-c2ccccc2)nn1. The highest BCUT2D eigenvalue weighted by Crippen LogP contribution is 2.11. The molecule has 1 aliphatic heterocycles. The van der Waals surface area contributed by atoms with Crippen LogP contribution in [0.4, 0.5) is 4.79 Å². The van der Waals surface area contributed by atoms with E-state index in [4.69, 9.17) is 4.74 Å². The van der Waals surface area contributed by atoms with Crippen molar-refractivity contribution in [2.75, 3.05) is 19.8 Å². The lowest BCUT2D eigenvalue weighted by Crippen LogP contribution is -2.52.